The van der Waals surface area contributed by atoms with Crippen LogP contribution in [-0.4, -0.2) is 88.2 Å². The van der Waals surface area contributed by atoms with Crippen LogP contribution < -0.4 is 11.1 Å². The van der Waals surface area contributed by atoms with Crippen LogP contribution in [-0.2, 0) is 60.1 Å². The lowest BCUT2D eigenvalue weighted by atomic mass is 9.92. The molecular formula is C45H53F4IN4O8S2. The van der Waals surface area contributed by atoms with Crippen molar-refractivity contribution in [1.82, 2.24) is 15.1 Å². The highest BCUT2D eigenvalue weighted by Gasteiger charge is 2.40. The van der Waals surface area contributed by atoms with E-state index in [1.165, 1.54) is 12.5 Å². The zero-order valence-corrected chi connectivity index (χ0v) is 40.0. The van der Waals surface area contributed by atoms with Gasteiger partial charge in [0, 0.05) is 67.9 Å². The van der Waals surface area contributed by atoms with Gasteiger partial charge in [0.1, 0.15) is 41.1 Å². The number of halogens is 5. The Morgan fingerprint density at radius 1 is 0.672 bits per heavy atom. The number of rotatable bonds is 7. The van der Waals surface area contributed by atoms with Crippen molar-refractivity contribution in [3.8, 4) is 0 Å². The number of nitrogens with one attached hydrogen (secondary N) is 1. The molecule has 0 aromatic heterocycles. The molecule has 2 fully saturated rings. The van der Waals surface area contributed by atoms with Crippen LogP contribution in [0.5, 0.6) is 0 Å². The number of nitrogens with two attached hydrogens (primary N) is 1. The van der Waals surface area contributed by atoms with Gasteiger partial charge in [-0.25, -0.2) is 39.2 Å². The highest BCUT2D eigenvalue weighted by molar-refractivity contribution is 14.0. The minimum absolute atomic E-state index is 0. The Hall–Kier alpha value is -3.70. The Bertz CT molecular complexity index is 2600. The summed E-state index contributed by atoms with van der Waals surface area (Å²) in [6, 6.07) is 15.5. The average molecular weight is 1040 g/mol. The Morgan fingerprint density at radius 3 is 1.56 bits per heavy atom. The third-order valence-corrected chi connectivity index (χ3v) is 14.0. The molecule has 4 aromatic rings. The second-order valence-corrected chi connectivity index (χ2v) is 21.8. The molecule has 0 bridgehead atoms. The van der Waals surface area contributed by atoms with E-state index < -0.39 is 78.9 Å². The largest absolute Gasteiger partial charge is 0.444 e. The number of amides is 1. The Balaban J connectivity index is 0.000000214. The summed E-state index contributed by atoms with van der Waals surface area (Å²) in [6.07, 6.45) is 1.11. The highest BCUT2D eigenvalue weighted by atomic mass is 127. The molecule has 4 aliphatic heterocycles. The molecule has 0 radical (unpaired) electrons. The van der Waals surface area contributed by atoms with Crippen LogP contribution in [0, 0.1) is 23.3 Å². The van der Waals surface area contributed by atoms with Gasteiger partial charge in [-0.2, -0.15) is 0 Å². The van der Waals surface area contributed by atoms with Gasteiger partial charge in [-0.1, -0.05) is 12.1 Å². The van der Waals surface area contributed by atoms with Gasteiger partial charge >= 0.3 is 6.09 Å². The van der Waals surface area contributed by atoms with E-state index in [1.54, 1.807) is 45.0 Å². The maximum Gasteiger partial charge on any atom is 0.407 e. The zero-order chi connectivity index (χ0) is 45.6. The van der Waals surface area contributed by atoms with Gasteiger partial charge in [-0.05, 0) is 117 Å². The van der Waals surface area contributed by atoms with Gasteiger partial charge in [0.25, 0.3) is 0 Å². The summed E-state index contributed by atoms with van der Waals surface area (Å²) in [6.45, 7) is 8.20. The van der Waals surface area contributed by atoms with Gasteiger partial charge in [-0.3, -0.25) is 9.80 Å². The minimum Gasteiger partial charge on any atom is -0.444 e. The number of benzene rings is 4. The SMILES string of the molecule is CC(C)(C)OC(=O)N[C@H]1C[C@@H](N2Cc3ccc(S(C)(=O)=O)cc3C2)CO[C@@H]1c1cc(F)ccc1F.CS(=O)(=O)c1ccc2c(c1)CN([C@H]1CO[C@H](c3cc(F)ccc3F)[C@@H](N)C1)C2.I. The number of fused-ring (bicyclic) bond motifs is 2. The number of carbonyl (C=O) groups excluding carboxylic acids is 1. The molecule has 1 amide bonds. The van der Waals surface area contributed by atoms with Crippen LogP contribution in [0.3, 0.4) is 0 Å². The predicted octanol–water partition coefficient (Wildman–Crippen LogP) is 7.27. The van der Waals surface area contributed by atoms with Crippen LogP contribution >= 0.6 is 24.0 Å². The first-order valence-electron chi connectivity index (χ1n) is 20.5. The van der Waals surface area contributed by atoms with Crippen molar-refractivity contribution in [3.63, 3.8) is 0 Å². The molecule has 0 spiro atoms. The molecule has 12 nitrogen and oxygen atoms in total. The second-order valence-electron chi connectivity index (χ2n) is 17.8. The molecule has 4 heterocycles. The number of alkyl carbamates (subject to hydrolysis) is 1. The highest BCUT2D eigenvalue weighted by Crippen LogP contribution is 2.37. The van der Waals surface area contributed by atoms with Crippen LogP contribution in [0.15, 0.2) is 82.6 Å². The van der Waals surface area contributed by atoms with E-state index in [0.717, 1.165) is 58.7 Å². The Morgan fingerprint density at radius 2 is 1.11 bits per heavy atom. The van der Waals surface area contributed by atoms with E-state index in [9.17, 15) is 39.2 Å². The molecule has 8 rings (SSSR count). The summed E-state index contributed by atoms with van der Waals surface area (Å²) in [5, 5.41) is 2.79. The molecule has 0 unspecified atom stereocenters. The van der Waals surface area contributed by atoms with Crippen molar-refractivity contribution in [2.24, 2.45) is 5.73 Å². The van der Waals surface area contributed by atoms with Crippen molar-refractivity contribution in [2.75, 3.05) is 25.7 Å². The van der Waals surface area contributed by atoms with E-state index in [-0.39, 0.29) is 58.7 Å². The van der Waals surface area contributed by atoms with E-state index in [0.29, 0.717) is 50.5 Å². The maximum atomic E-state index is 14.6. The van der Waals surface area contributed by atoms with Gasteiger partial charge in [0.05, 0.1) is 29.0 Å². The molecule has 6 atom stereocenters. The quantitative estimate of drug-likeness (QED) is 0.142. The van der Waals surface area contributed by atoms with Gasteiger partial charge in [0.2, 0.25) is 0 Å². The zero-order valence-electron chi connectivity index (χ0n) is 36.0. The third-order valence-electron chi connectivity index (χ3n) is 11.7. The fourth-order valence-corrected chi connectivity index (χ4v) is 9.97. The minimum atomic E-state index is -3.32. The molecule has 4 aliphatic rings. The Kier molecular flexibility index (Phi) is 15.3. The summed E-state index contributed by atoms with van der Waals surface area (Å²) in [7, 11) is -6.57. The molecule has 348 valence electrons. The summed E-state index contributed by atoms with van der Waals surface area (Å²) in [5.41, 5.74) is 9.71. The molecule has 0 saturated carbocycles. The fraction of sp³-hybridized carbons (Fsp3) is 0.444. The molecule has 64 heavy (non-hydrogen) atoms. The number of ether oxygens (including phenoxy) is 3. The molecule has 2 saturated heterocycles. The van der Waals surface area contributed by atoms with Crippen LogP contribution in [0.2, 0.25) is 0 Å². The van der Waals surface area contributed by atoms with Crippen molar-refractivity contribution in [3.05, 3.63) is 129 Å². The summed E-state index contributed by atoms with van der Waals surface area (Å²) >= 11 is 0. The van der Waals surface area contributed by atoms with Crippen LogP contribution in [0.1, 0.15) is 79.2 Å². The van der Waals surface area contributed by atoms with E-state index in [4.69, 9.17) is 19.9 Å². The lowest BCUT2D eigenvalue weighted by Gasteiger charge is -2.40. The number of hydrogen-bond donors (Lipinski definition) is 2. The van der Waals surface area contributed by atoms with E-state index in [1.807, 2.05) is 12.1 Å². The van der Waals surface area contributed by atoms with E-state index in [2.05, 4.69) is 15.1 Å². The summed E-state index contributed by atoms with van der Waals surface area (Å²) in [4.78, 5) is 17.5. The lowest BCUT2D eigenvalue weighted by molar-refractivity contribution is -0.0627. The molecule has 3 N–H and O–H groups in total. The molecule has 4 aromatic carbocycles. The van der Waals surface area contributed by atoms with Gasteiger partial charge in [-0.15, -0.1) is 24.0 Å². The standard InChI is InChI=1S/C25H30F2N2O5S.C20H22F2N2O3S.HI/c1-25(2,3)34-24(30)28-22-11-18(14-33-23(22)20-10-17(26)6-8-21(20)27)29-12-15-5-7-19(35(4,31)32)9-16(15)13-29;1-28(25,26)16-4-2-12-9-24(10-13(12)6-16)15-8-19(23)20(27-11-15)17-7-14(21)3-5-18(17)22;/h5-10,18,22-23H,11-14H2,1-4H3,(H,28,30);2-7,15,19-20H,8-11,23H2,1H3;1H/t18-,22+,23-;15-,19+,20-;/m11./s1. The van der Waals surface area contributed by atoms with E-state index >= 15 is 0 Å². The lowest BCUT2D eigenvalue weighted by Crippen LogP contribution is -2.52. The second kappa shape index (κ2) is 19.6. The fourth-order valence-electron chi connectivity index (χ4n) is 8.63. The third kappa shape index (κ3) is 11.8. The first-order valence-corrected chi connectivity index (χ1v) is 24.3. The number of nitrogens with zero attached hydrogens (tertiary/aromatic N) is 2. The van der Waals surface area contributed by atoms with Crippen molar-refractivity contribution in [1.29, 1.82) is 0 Å². The summed E-state index contributed by atoms with van der Waals surface area (Å²) in [5.74, 6) is -2.26. The van der Waals surface area contributed by atoms with Crippen molar-refractivity contribution < 1.29 is 53.4 Å². The van der Waals surface area contributed by atoms with Crippen LogP contribution in [0.4, 0.5) is 22.4 Å². The monoisotopic (exact) mass is 1040 g/mol. The number of hydrogen-bond acceptors (Lipinski definition) is 11. The number of sulfone groups is 2. The van der Waals surface area contributed by atoms with Crippen molar-refractivity contribution in [2.45, 2.75) is 112 Å². The smallest absolute Gasteiger partial charge is 0.407 e. The maximum absolute atomic E-state index is 14.6. The molecule has 19 heteroatoms. The topological polar surface area (TPSA) is 158 Å². The average Bonchev–Trinajstić information content (AvgIpc) is 3.83. The number of carbonyl (C=O) groups is 1. The van der Waals surface area contributed by atoms with Gasteiger partial charge in [0.15, 0.2) is 19.7 Å². The first-order chi connectivity index (χ1) is 29.5. The first kappa shape index (κ1) is 49.7. The Labute approximate surface area is 388 Å². The normalized spacial score (nSPS) is 23.8. The van der Waals surface area contributed by atoms with Gasteiger partial charge < -0.3 is 25.3 Å². The predicted molar refractivity (Wildman–Crippen MR) is 241 cm³/mol. The summed E-state index contributed by atoms with van der Waals surface area (Å²) < 4.78 is 121. The van der Waals surface area contributed by atoms with Crippen molar-refractivity contribution >= 4 is 49.7 Å². The van der Waals surface area contributed by atoms with Crippen LogP contribution in [0.25, 0.3) is 0 Å². The molecular weight excluding hydrogens is 992 g/mol. The molecule has 0 aliphatic carbocycles.